The minimum Gasteiger partial charge on any atom is -0.325 e. The summed E-state index contributed by atoms with van der Waals surface area (Å²) in [7, 11) is 0. The first-order valence-electron chi connectivity index (χ1n) is 5.90. The summed E-state index contributed by atoms with van der Waals surface area (Å²) in [4.78, 5) is 16.3. The van der Waals surface area contributed by atoms with E-state index in [9.17, 15) is 9.18 Å². The van der Waals surface area contributed by atoms with E-state index < -0.39 is 0 Å². The maximum Gasteiger partial charge on any atom is 0.225 e. The largest absolute Gasteiger partial charge is 0.325 e. The number of aromatic nitrogens is 1. The number of benzene rings is 1. The molecule has 96 valence electrons. The van der Waals surface area contributed by atoms with Gasteiger partial charge >= 0.3 is 0 Å². The molecule has 0 unspecified atom stereocenters. The first-order chi connectivity index (χ1) is 9.22. The second kappa shape index (κ2) is 5.01. The molecule has 19 heavy (non-hydrogen) atoms. The van der Waals surface area contributed by atoms with E-state index in [1.807, 2.05) is 18.2 Å². The van der Waals surface area contributed by atoms with Crippen LogP contribution < -0.4 is 5.32 Å². The van der Waals surface area contributed by atoms with E-state index >= 15 is 0 Å². The quantitative estimate of drug-likeness (QED) is 0.867. The van der Waals surface area contributed by atoms with Crippen molar-refractivity contribution >= 4 is 23.4 Å². The van der Waals surface area contributed by atoms with Gasteiger partial charge in [0.2, 0.25) is 5.91 Å². The fourth-order valence-electron chi connectivity index (χ4n) is 1.96. The second-order valence-corrected chi connectivity index (χ2v) is 5.39. The van der Waals surface area contributed by atoms with E-state index in [0.29, 0.717) is 6.42 Å². The van der Waals surface area contributed by atoms with E-state index in [0.717, 1.165) is 27.5 Å². The van der Waals surface area contributed by atoms with Gasteiger partial charge in [-0.05, 0) is 23.8 Å². The van der Waals surface area contributed by atoms with Gasteiger partial charge in [-0.2, -0.15) is 0 Å². The Labute approximate surface area is 114 Å². The fourth-order valence-corrected chi connectivity index (χ4v) is 2.95. The van der Waals surface area contributed by atoms with Crippen LogP contribution >= 0.6 is 11.8 Å². The molecule has 3 nitrogen and oxygen atoms in total. The topological polar surface area (TPSA) is 42.0 Å². The predicted octanol–water partition coefficient (Wildman–Crippen LogP) is 3.32. The molecule has 5 heteroatoms. The molecule has 0 radical (unpaired) electrons. The third-order valence-electron chi connectivity index (χ3n) is 2.88. The maximum atomic E-state index is 13.2. The van der Waals surface area contributed by atoms with Gasteiger partial charge < -0.3 is 5.32 Å². The standard InChI is InChI=1S/C14H11FN2OS/c15-11-5-10(7-16-8-11)9-1-2-12-13(6-9)19-4-3-14(18)17-12/h1-2,5-8H,3-4H2,(H,17,18). The van der Waals surface area contributed by atoms with Crippen LogP contribution in [0.4, 0.5) is 10.1 Å². The Hall–Kier alpha value is -1.88. The molecule has 3 rings (SSSR count). The van der Waals surface area contributed by atoms with Crippen molar-refractivity contribution < 1.29 is 9.18 Å². The molecular weight excluding hydrogens is 263 g/mol. The highest BCUT2D eigenvalue weighted by atomic mass is 32.2. The Bertz CT molecular complexity index is 645. The van der Waals surface area contributed by atoms with Gasteiger partial charge in [-0.15, -0.1) is 11.8 Å². The number of anilines is 1. The maximum absolute atomic E-state index is 13.2. The molecule has 2 aromatic rings. The van der Waals surface area contributed by atoms with Gasteiger partial charge in [-0.3, -0.25) is 9.78 Å². The van der Waals surface area contributed by atoms with Gasteiger partial charge in [0.15, 0.2) is 0 Å². The number of rotatable bonds is 1. The number of hydrogen-bond donors (Lipinski definition) is 1. The van der Waals surface area contributed by atoms with Gasteiger partial charge in [0.05, 0.1) is 11.9 Å². The molecule has 0 spiro atoms. The molecule has 1 aliphatic heterocycles. The number of nitrogens with zero attached hydrogens (tertiary/aromatic N) is 1. The molecule has 0 fully saturated rings. The average Bonchev–Trinajstić information content (AvgIpc) is 2.58. The molecule has 1 aromatic carbocycles. The molecule has 1 aromatic heterocycles. The summed E-state index contributed by atoms with van der Waals surface area (Å²) >= 11 is 1.63. The number of nitrogens with one attached hydrogen (secondary N) is 1. The van der Waals surface area contributed by atoms with Crippen LogP contribution in [-0.2, 0) is 4.79 Å². The summed E-state index contributed by atoms with van der Waals surface area (Å²) in [6.07, 6.45) is 3.32. The van der Waals surface area contributed by atoms with Gasteiger partial charge in [0.25, 0.3) is 0 Å². The molecule has 1 aliphatic rings. The van der Waals surface area contributed by atoms with Crippen molar-refractivity contribution in [2.75, 3.05) is 11.1 Å². The minimum absolute atomic E-state index is 0.0337. The number of thioether (sulfide) groups is 1. The number of carbonyl (C=O) groups excluding carboxylic acids is 1. The lowest BCUT2D eigenvalue weighted by atomic mass is 10.1. The number of carbonyl (C=O) groups is 1. The lowest BCUT2D eigenvalue weighted by molar-refractivity contribution is -0.115. The monoisotopic (exact) mass is 274 g/mol. The van der Waals surface area contributed by atoms with Crippen molar-refractivity contribution in [3.05, 3.63) is 42.5 Å². The highest BCUT2D eigenvalue weighted by molar-refractivity contribution is 7.99. The highest BCUT2D eigenvalue weighted by Crippen LogP contribution is 2.34. The van der Waals surface area contributed by atoms with Gasteiger partial charge in [0, 0.05) is 28.8 Å². The normalized spacial score (nSPS) is 14.5. The predicted molar refractivity (Wildman–Crippen MR) is 73.6 cm³/mol. The zero-order valence-electron chi connectivity index (χ0n) is 10.0. The first-order valence-corrected chi connectivity index (χ1v) is 6.88. The van der Waals surface area contributed by atoms with Crippen LogP contribution in [-0.4, -0.2) is 16.6 Å². The van der Waals surface area contributed by atoms with Crippen molar-refractivity contribution in [2.24, 2.45) is 0 Å². The summed E-state index contributed by atoms with van der Waals surface area (Å²) in [6, 6.07) is 7.13. The minimum atomic E-state index is -0.353. The number of hydrogen-bond acceptors (Lipinski definition) is 3. The first kappa shape index (κ1) is 12.2. The highest BCUT2D eigenvalue weighted by Gasteiger charge is 2.14. The van der Waals surface area contributed by atoms with Crippen molar-refractivity contribution in [3.63, 3.8) is 0 Å². The van der Waals surface area contributed by atoms with Crippen LogP contribution in [0.2, 0.25) is 0 Å². The van der Waals surface area contributed by atoms with Gasteiger partial charge in [-0.25, -0.2) is 4.39 Å². The molecule has 1 N–H and O–H groups in total. The lowest BCUT2D eigenvalue weighted by Crippen LogP contribution is -2.09. The number of halogens is 1. The van der Waals surface area contributed by atoms with Gasteiger partial charge in [-0.1, -0.05) is 6.07 Å². The van der Waals surface area contributed by atoms with Gasteiger partial charge in [0.1, 0.15) is 5.82 Å². The molecule has 0 saturated carbocycles. The number of amides is 1. The molecule has 1 amide bonds. The lowest BCUT2D eigenvalue weighted by Gasteiger charge is -2.08. The molecule has 0 bridgehead atoms. The number of fused-ring (bicyclic) bond motifs is 1. The molecular formula is C14H11FN2OS. The van der Waals surface area contributed by atoms with Crippen LogP contribution in [0.3, 0.4) is 0 Å². The average molecular weight is 274 g/mol. The second-order valence-electron chi connectivity index (χ2n) is 4.25. The smallest absolute Gasteiger partial charge is 0.225 e. The van der Waals surface area contributed by atoms with Crippen molar-refractivity contribution in [1.29, 1.82) is 0 Å². The Morgan fingerprint density at radius 2 is 2.11 bits per heavy atom. The summed E-state index contributed by atoms with van der Waals surface area (Å²) < 4.78 is 13.2. The van der Waals surface area contributed by atoms with Crippen LogP contribution in [0.25, 0.3) is 11.1 Å². The third kappa shape index (κ3) is 2.61. The van der Waals surface area contributed by atoms with Crippen molar-refractivity contribution in [2.45, 2.75) is 11.3 Å². The Morgan fingerprint density at radius 1 is 1.21 bits per heavy atom. The summed E-state index contributed by atoms with van der Waals surface area (Å²) in [5.41, 5.74) is 2.45. The van der Waals surface area contributed by atoms with Crippen LogP contribution in [0.1, 0.15) is 6.42 Å². The zero-order chi connectivity index (χ0) is 13.2. The third-order valence-corrected chi connectivity index (χ3v) is 3.94. The number of pyridine rings is 1. The Kier molecular flexibility index (Phi) is 3.21. The SMILES string of the molecule is O=C1CCSc2cc(-c3cncc(F)c3)ccc2N1. The van der Waals surface area contributed by atoms with E-state index in [4.69, 9.17) is 0 Å². The van der Waals surface area contributed by atoms with E-state index in [-0.39, 0.29) is 11.7 Å². The molecule has 0 aliphatic carbocycles. The van der Waals surface area contributed by atoms with Crippen molar-refractivity contribution in [3.8, 4) is 11.1 Å². The van der Waals surface area contributed by atoms with E-state index in [1.165, 1.54) is 12.3 Å². The Morgan fingerprint density at radius 3 is 2.95 bits per heavy atom. The van der Waals surface area contributed by atoms with Crippen LogP contribution in [0, 0.1) is 5.82 Å². The summed E-state index contributed by atoms with van der Waals surface area (Å²) in [5.74, 6) is 0.434. The fraction of sp³-hybridized carbons (Fsp3) is 0.143. The van der Waals surface area contributed by atoms with E-state index in [2.05, 4.69) is 10.3 Å². The molecule has 2 heterocycles. The van der Waals surface area contributed by atoms with Crippen LogP contribution in [0.5, 0.6) is 0 Å². The van der Waals surface area contributed by atoms with E-state index in [1.54, 1.807) is 18.0 Å². The summed E-state index contributed by atoms with van der Waals surface area (Å²) in [5, 5.41) is 2.86. The Balaban J connectivity index is 2.01. The summed E-state index contributed by atoms with van der Waals surface area (Å²) in [6.45, 7) is 0. The van der Waals surface area contributed by atoms with Crippen molar-refractivity contribution in [1.82, 2.24) is 4.98 Å². The zero-order valence-corrected chi connectivity index (χ0v) is 10.8. The van der Waals surface area contributed by atoms with Crippen LogP contribution in [0.15, 0.2) is 41.6 Å². The molecule has 0 atom stereocenters. The molecule has 0 saturated heterocycles.